The number of hydrogen-bond acceptors (Lipinski definition) is 3. The van der Waals surface area contributed by atoms with Gasteiger partial charge in [-0.2, -0.15) is 0 Å². The molecule has 1 aliphatic carbocycles. The Kier molecular flexibility index (Phi) is 8.73. The van der Waals surface area contributed by atoms with Gasteiger partial charge in [-0.3, -0.25) is 9.59 Å². The maximum absolute atomic E-state index is 12.3. The largest absolute Gasteiger partial charge is 0.353 e. The highest BCUT2D eigenvalue weighted by Crippen LogP contribution is 2.25. The molecule has 1 heterocycles. The first-order valence-electron chi connectivity index (χ1n) is 10.3. The lowest BCUT2D eigenvalue weighted by molar-refractivity contribution is -0.131. The lowest BCUT2D eigenvalue weighted by Crippen LogP contribution is -2.45. The molecule has 5 nitrogen and oxygen atoms in total. The van der Waals surface area contributed by atoms with Gasteiger partial charge in [-0.05, 0) is 52.1 Å². The van der Waals surface area contributed by atoms with E-state index in [1.54, 1.807) is 0 Å². The highest BCUT2D eigenvalue weighted by Gasteiger charge is 2.26. The van der Waals surface area contributed by atoms with Crippen LogP contribution >= 0.6 is 0 Å². The Morgan fingerprint density at radius 2 is 1.64 bits per heavy atom. The van der Waals surface area contributed by atoms with E-state index in [0.717, 1.165) is 38.9 Å². The predicted molar refractivity (Wildman–Crippen MR) is 101 cm³/mol. The van der Waals surface area contributed by atoms with Gasteiger partial charge in [-0.15, -0.1) is 0 Å². The zero-order chi connectivity index (χ0) is 18.1. The molecule has 25 heavy (non-hydrogen) atoms. The van der Waals surface area contributed by atoms with E-state index in [2.05, 4.69) is 24.3 Å². The van der Waals surface area contributed by atoms with Crippen LogP contribution in [-0.4, -0.2) is 61.4 Å². The van der Waals surface area contributed by atoms with Gasteiger partial charge in [0.15, 0.2) is 0 Å². The van der Waals surface area contributed by atoms with Crippen LogP contribution in [0.3, 0.4) is 0 Å². The van der Waals surface area contributed by atoms with Gasteiger partial charge < -0.3 is 15.1 Å². The van der Waals surface area contributed by atoms with Crippen molar-refractivity contribution >= 4 is 11.8 Å². The minimum absolute atomic E-state index is 0.124. The van der Waals surface area contributed by atoms with Crippen LogP contribution < -0.4 is 5.32 Å². The monoisotopic (exact) mass is 351 g/mol. The molecule has 2 unspecified atom stereocenters. The fraction of sp³-hybridized carbons (Fsp3) is 0.900. The third-order valence-corrected chi connectivity index (χ3v) is 5.61. The lowest BCUT2D eigenvalue weighted by Gasteiger charge is -2.34. The topological polar surface area (TPSA) is 52.7 Å². The summed E-state index contributed by atoms with van der Waals surface area (Å²) in [5.41, 5.74) is 0. The third-order valence-electron chi connectivity index (χ3n) is 5.61. The Hall–Kier alpha value is -1.10. The smallest absolute Gasteiger partial charge is 0.222 e. The maximum Gasteiger partial charge on any atom is 0.222 e. The Morgan fingerprint density at radius 1 is 0.960 bits per heavy atom. The number of carbonyl (C=O) groups excluding carboxylic acids is 2. The molecule has 2 rings (SSSR count). The third kappa shape index (κ3) is 7.35. The minimum atomic E-state index is 0.124. The fourth-order valence-electron chi connectivity index (χ4n) is 4.24. The molecule has 0 radical (unpaired) electrons. The zero-order valence-electron chi connectivity index (χ0n) is 16.3. The maximum atomic E-state index is 12.3. The van der Waals surface area contributed by atoms with E-state index < -0.39 is 0 Å². The molecule has 2 aliphatic rings. The van der Waals surface area contributed by atoms with Crippen molar-refractivity contribution in [1.82, 2.24) is 15.1 Å². The van der Waals surface area contributed by atoms with Crippen LogP contribution in [0.1, 0.15) is 70.6 Å². The summed E-state index contributed by atoms with van der Waals surface area (Å²) in [6.45, 7) is 2.84. The van der Waals surface area contributed by atoms with Gasteiger partial charge in [0.25, 0.3) is 0 Å². The number of hydrogen-bond donors (Lipinski definition) is 1. The molecular formula is C20H37N3O2. The molecule has 0 spiro atoms. The molecule has 5 heteroatoms. The van der Waals surface area contributed by atoms with Crippen LogP contribution in [0.2, 0.25) is 0 Å². The number of nitrogens with one attached hydrogen (secondary N) is 1. The number of rotatable bonds is 7. The van der Waals surface area contributed by atoms with E-state index in [1.165, 1.54) is 32.1 Å². The predicted octanol–water partition coefficient (Wildman–Crippen LogP) is 2.80. The summed E-state index contributed by atoms with van der Waals surface area (Å²) in [6.07, 6.45) is 11.2. The number of amides is 2. The van der Waals surface area contributed by atoms with Crippen molar-refractivity contribution in [3.8, 4) is 0 Å². The molecule has 2 amide bonds. The average Bonchev–Trinajstić information content (AvgIpc) is 2.85. The summed E-state index contributed by atoms with van der Waals surface area (Å²) in [5, 5.41) is 3.25. The first-order chi connectivity index (χ1) is 12.1. The van der Waals surface area contributed by atoms with Crippen molar-refractivity contribution < 1.29 is 9.59 Å². The van der Waals surface area contributed by atoms with Gasteiger partial charge in [-0.25, -0.2) is 0 Å². The van der Waals surface area contributed by atoms with E-state index in [1.807, 2.05) is 4.90 Å². The molecule has 0 aromatic carbocycles. The second-order valence-electron chi connectivity index (χ2n) is 8.13. The summed E-state index contributed by atoms with van der Waals surface area (Å²) < 4.78 is 0. The molecule has 2 atom stereocenters. The van der Waals surface area contributed by atoms with E-state index in [0.29, 0.717) is 31.2 Å². The summed E-state index contributed by atoms with van der Waals surface area (Å²) in [7, 11) is 4.20. The van der Waals surface area contributed by atoms with E-state index in [4.69, 9.17) is 0 Å². The van der Waals surface area contributed by atoms with Crippen molar-refractivity contribution in [2.24, 2.45) is 5.92 Å². The molecule has 1 saturated carbocycles. The Labute approximate surface area is 153 Å². The Balaban J connectivity index is 1.67. The van der Waals surface area contributed by atoms with Crippen molar-refractivity contribution in [2.45, 2.75) is 76.7 Å². The molecule has 0 bridgehead atoms. The van der Waals surface area contributed by atoms with Crippen molar-refractivity contribution in [3.05, 3.63) is 0 Å². The van der Waals surface area contributed by atoms with E-state index in [-0.39, 0.29) is 11.8 Å². The van der Waals surface area contributed by atoms with Crippen molar-refractivity contribution in [1.29, 1.82) is 0 Å². The molecule has 1 N–H and O–H groups in total. The first kappa shape index (κ1) is 20.2. The van der Waals surface area contributed by atoms with Crippen LogP contribution in [0.15, 0.2) is 0 Å². The van der Waals surface area contributed by atoms with Gasteiger partial charge in [0, 0.05) is 38.5 Å². The average molecular weight is 352 g/mol. The standard InChI is InChI=1S/C20H37N3O2/c1-22(2)16-17-10-5-6-11-18(17)21-19(24)12-9-13-20(25)23-14-7-3-4-8-15-23/h17-18H,3-16H2,1-2H3,(H,21,24). The van der Waals surface area contributed by atoms with Gasteiger partial charge in [0.05, 0.1) is 0 Å². The first-order valence-corrected chi connectivity index (χ1v) is 10.3. The van der Waals surface area contributed by atoms with Crippen LogP contribution in [0.25, 0.3) is 0 Å². The Morgan fingerprint density at radius 3 is 2.32 bits per heavy atom. The fourth-order valence-corrected chi connectivity index (χ4v) is 4.24. The molecule has 0 aromatic rings. The Bertz CT molecular complexity index is 417. The van der Waals surface area contributed by atoms with Gasteiger partial charge in [0.1, 0.15) is 0 Å². The number of carbonyl (C=O) groups is 2. The van der Waals surface area contributed by atoms with Crippen LogP contribution in [0, 0.1) is 5.92 Å². The molecule has 1 aliphatic heterocycles. The quantitative estimate of drug-likeness (QED) is 0.767. The minimum Gasteiger partial charge on any atom is -0.353 e. The molecule has 144 valence electrons. The second kappa shape index (κ2) is 10.8. The molecular weight excluding hydrogens is 314 g/mol. The van der Waals surface area contributed by atoms with Crippen molar-refractivity contribution in [2.75, 3.05) is 33.7 Å². The zero-order valence-corrected chi connectivity index (χ0v) is 16.3. The van der Waals surface area contributed by atoms with E-state index >= 15 is 0 Å². The summed E-state index contributed by atoms with van der Waals surface area (Å²) in [5.74, 6) is 0.920. The van der Waals surface area contributed by atoms with Crippen LogP contribution in [-0.2, 0) is 9.59 Å². The van der Waals surface area contributed by atoms with Crippen LogP contribution in [0.4, 0.5) is 0 Å². The highest BCUT2D eigenvalue weighted by atomic mass is 16.2. The number of nitrogens with zero attached hydrogens (tertiary/aromatic N) is 2. The van der Waals surface area contributed by atoms with Crippen LogP contribution in [0.5, 0.6) is 0 Å². The lowest BCUT2D eigenvalue weighted by atomic mass is 9.84. The second-order valence-corrected chi connectivity index (χ2v) is 8.13. The summed E-state index contributed by atoms with van der Waals surface area (Å²) >= 11 is 0. The van der Waals surface area contributed by atoms with Crippen molar-refractivity contribution in [3.63, 3.8) is 0 Å². The normalized spacial score (nSPS) is 24.8. The molecule has 0 aromatic heterocycles. The SMILES string of the molecule is CN(C)CC1CCCCC1NC(=O)CCCC(=O)N1CCCCCC1. The van der Waals surface area contributed by atoms with Gasteiger partial charge >= 0.3 is 0 Å². The van der Waals surface area contributed by atoms with E-state index in [9.17, 15) is 9.59 Å². The molecule has 2 fully saturated rings. The number of likely N-dealkylation sites (tertiary alicyclic amines) is 1. The summed E-state index contributed by atoms with van der Waals surface area (Å²) in [6, 6.07) is 0.310. The summed E-state index contributed by atoms with van der Waals surface area (Å²) in [4.78, 5) is 28.8. The highest BCUT2D eigenvalue weighted by molar-refractivity contribution is 5.79. The van der Waals surface area contributed by atoms with Gasteiger partial charge in [-0.1, -0.05) is 25.7 Å². The molecule has 1 saturated heterocycles. The van der Waals surface area contributed by atoms with Gasteiger partial charge in [0.2, 0.25) is 11.8 Å².